The molecule has 3 aromatic rings. The van der Waals surface area contributed by atoms with Crippen molar-refractivity contribution in [2.75, 3.05) is 6.54 Å². The van der Waals surface area contributed by atoms with Gasteiger partial charge in [0.15, 0.2) is 0 Å². The van der Waals surface area contributed by atoms with Gasteiger partial charge in [0.05, 0.1) is 6.42 Å². The minimum atomic E-state index is -0.315. The topological polar surface area (TPSA) is 59.2 Å². The number of halogens is 2. The summed E-state index contributed by atoms with van der Waals surface area (Å²) in [5, 5.41) is 4.63. The second kappa shape index (κ2) is 7.48. The highest BCUT2D eigenvalue weighted by atomic mass is 35.5. The summed E-state index contributed by atoms with van der Waals surface area (Å²) < 4.78 is 18.5. The maximum atomic E-state index is 13.0. The molecule has 138 valence electrons. The maximum absolute atomic E-state index is 13.0. The summed E-state index contributed by atoms with van der Waals surface area (Å²) in [4.78, 5) is 19.0. The van der Waals surface area contributed by atoms with E-state index in [0.29, 0.717) is 23.3 Å². The molecule has 7 heteroatoms. The minimum Gasteiger partial charge on any atom is -0.337 e. The number of hydrogen-bond acceptors (Lipinski definition) is 4. The van der Waals surface area contributed by atoms with Crippen molar-refractivity contribution in [2.24, 2.45) is 0 Å². The van der Waals surface area contributed by atoms with Crippen molar-refractivity contribution in [2.45, 2.75) is 25.3 Å². The Bertz CT molecular complexity index is 958. The van der Waals surface area contributed by atoms with Gasteiger partial charge in [0, 0.05) is 17.1 Å². The molecule has 1 atom stereocenters. The summed E-state index contributed by atoms with van der Waals surface area (Å²) in [5.41, 5.74) is 1.54. The van der Waals surface area contributed by atoms with Gasteiger partial charge in [-0.15, -0.1) is 0 Å². The molecule has 2 aromatic carbocycles. The minimum absolute atomic E-state index is 0.0355. The van der Waals surface area contributed by atoms with Crippen molar-refractivity contribution in [3.63, 3.8) is 0 Å². The zero-order valence-corrected chi connectivity index (χ0v) is 15.2. The Morgan fingerprint density at radius 3 is 2.85 bits per heavy atom. The Labute approximate surface area is 160 Å². The Morgan fingerprint density at radius 1 is 1.26 bits per heavy atom. The first-order valence-electron chi connectivity index (χ1n) is 8.73. The number of benzene rings is 2. The van der Waals surface area contributed by atoms with Crippen LogP contribution >= 0.6 is 11.6 Å². The molecule has 1 saturated heterocycles. The van der Waals surface area contributed by atoms with Crippen LogP contribution in [0.25, 0.3) is 11.4 Å². The van der Waals surface area contributed by atoms with Crippen molar-refractivity contribution >= 4 is 17.5 Å². The molecular weight excluding hydrogens is 369 g/mol. The van der Waals surface area contributed by atoms with E-state index in [9.17, 15) is 9.18 Å². The molecule has 1 amide bonds. The summed E-state index contributed by atoms with van der Waals surface area (Å²) >= 11 is 6.02. The first-order chi connectivity index (χ1) is 13.1. The predicted molar refractivity (Wildman–Crippen MR) is 98.5 cm³/mol. The van der Waals surface area contributed by atoms with Crippen LogP contribution in [0.4, 0.5) is 4.39 Å². The van der Waals surface area contributed by atoms with Gasteiger partial charge < -0.3 is 9.42 Å². The molecule has 0 unspecified atom stereocenters. The molecule has 0 radical (unpaired) electrons. The lowest BCUT2D eigenvalue weighted by Gasteiger charge is -2.21. The number of nitrogens with zero attached hydrogens (tertiary/aromatic N) is 3. The number of carbonyl (C=O) groups is 1. The molecule has 0 aliphatic carbocycles. The smallest absolute Gasteiger partial charge is 0.249 e. The normalized spacial score (nSPS) is 16.7. The Kier molecular flexibility index (Phi) is 4.90. The number of amides is 1. The van der Waals surface area contributed by atoms with Crippen molar-refractivity contribution in [3.05, 3.63) is 70.8 Å². The lowest BCUT2D eigenvalue weighted by atomic mass is 10.1. The van der Waals surface area contributed by atoms with Crippen molar-refractivity contribution in [3.8, 4) is 11.4 Å². The van der Waals surface area contributed by atoms with Crippen LogP contribution in [0.5, 0.6) is 0 Å². The third-order valence-corrected chi connectivity index (χ3v) is 4.89. The first kappa shape index (κ1) is 17.7. The molecule has 0 bridgehead atoms. The van der Waals surface area contributed by atoms with Crippen molar-refractivity contribution < 1.29 is 13.7 Å². The average Bonchev–Trinajstić information content (AvgIpc) is 3.33. The number of carbonyl (C=O) groups excluding carboxylic acids is 1. The van der Waals surface area contributed by atoms with Crippen LogP contribution in [0.2, 0.25) is 5.02 Å². The van der Waals surface area contributed by atoms with Gasteiger partial charge >= 0.3 is 0 Å². The largest absolute Gasteiger partial charge is 0.337 e. The van der Waals surface area contributed by atoms with Gasteiger partial charge in [-0.05, 0) is 42.7 Å². The fraction of sp³-hybridized carbons (Fsp3) is 0.250. The number of rotatable bonds is 4. The third-order valence-electron chi connectivity index (χ3n) is 4.65. The number of likely N-dealkylation sites (tertiary alicyclic amines) is 1. The van der Waals surface area contributed by atoms with Gasteiger partial charge in [0.25, 0.3) is 0 Å². The van der Waals surface area contributed by atoms with Crippen LogP contribution in [0.15, 0.2) is 53.1 Å². The molecule has 1 aliphatic heterocycles. The van der Waals surface area contributed by atoms with E-state index in [1.807, 2.05) is 12.1 Å². The van der Waals surface area contributed by atoms with E-state index < -0.39 is 0 Å². The van der Waals surface area contributed by atoms with Gasteiger partial charge in [0.1, 0.15) is 11.9 Å². The second-order valence-electron chi connectivity index (χ2n) is 6.51. The van der Waals surface area contributed by atoms with E-state index in [1.165, 1.54) is 12.1 Å². The zero-order chi connectivity index (χ0) is 18.8. The van der Waals surface area contributed by atoms with E-state index in [4.69, 9.17) is 16.1 Å². The standard InChI is InChI=1S/C20H17ClFN3O2/c21-15-4-1-3-14(12-15)19-23-20(27-24-19)17-5-2-10-25(17)18(26)11-13-6-8-16(22)9-7-13/h1,3-4,6-9,12,17H,2,5,10-11H2/t17-/m1/s1. The SMILES string of the molecule is O=C(Cc1ccc(F)cc1)N1CCC[C@@H]1c1nc(-c2cccc(Cl)c2)no1. The van der Waals surface area contributed by atoms with E-state index in [1.54, 1.807) is 29.2 Å². The van der Waals surface area contributed by atoms with E-state index in [2.05, 4.69) is 10.1 Å². The molecule has 1 aliphatic rings. The highest BCUT2D eigenvalue weighted by Crippen LogP contribution is 2.32. The van der Waals surface area contributed by atoms with Gasteiger partial charge in [-0.2, -0.15) is 4.98 Å². The quantitative estimate of drug-likeness (QED) is 0.666. The maximum Gasteiger partial charge on any atom is 0.249 e. The van der Waals surface area contributed by atoms with Gasteiger partial charge in [-0.1, -0.05) is 41.0 Å². The molecule has 27 heavy (non-hydrogen) atoms. The Morgan fingerprint density at radius 2 is 2.07 bits per heavy atom. The predicted octanol–water partition coefficient (Wildman–Crippen LogP) is 4.44. The van der Waals surface area contributed by atoms with E-state index in [-0.39, 0.29) is 24.2 Å². The summed E-state index contributed by atoms with van der Waals surface area (Å²) in [5.74, 6) is 0.525. The molecule has 1 aromatic heterocycles. The molecule has 0 N–H and O–H groups in total. The molecular formula is C20H17ClFN3O2. The summed E-state index contributed by atoms with van der Waals surface area (Å²) in [7, 11) is 0. The van der Waals surface area contributed by atoms with Crippen LogP contribution in [0.3, 0.4) is 0 Å². The molecule has 4 rings (SSSR count). The second-order valence-corrected chi connectivity index (χ2v) is 6.95. The first-order valence-corrected chi connectivity index (χ1v) is 9.11. The summed E-state index contributed by atoms with van der Waals surface area (Å²) in [6, 6.07) is 13.0. The van der Waals surface area contributed by atoms with Crippen LogP contribution in [-0.4, -0.2) is 27.5 Å². The summed E-state index contributed by atoms with van der Waals surface area (Å²) in [6.45, 7) is 0.638. The molecule has 0 saturated carbocycles. The number of aromatic nitrogens is 2. The van der Waals surface area contributed by atoms with E-state index >= 15 is 0 Å². The molecule has 1 fully saturated rings. The van der Waals surface area contributed by atoms with Crippen LogP contribution < -0.4 is 0 Å². The molecule has 2 heterocycles. The fourth-order valence-electron chi connectivity index (χ4n) is 3.32. The highest BCUT2D eigenvalue weighted by Gasteiger charge is 2.34. The van der Waals surface area contributed by atoms with Gasteiger partial charge in [-0.3, -0.25) is 4.79 Å². The Hall–Kier alpha value is -2.73. The summed E-state index contributed by atoms with van der Waals surface area (Å²) in [6.07, 6.45) is 1.85. The van der Waals surface area contributed by atoms with Crippen molar-refractivity contribution in [1.82, 2.24) is 15.0 Å². The number of hydrogen-bond donors (Lipinski definition) is 0. The zero-order valence-electron chi connectivity index (χ0n) is 14.4. The lowest BCUT2D eigenvalue weighted by molar-refractivity contribution is -0.131. The third kappa shape index (κ3) is 3.85. The fourth-order valence-corrected chi connectivity index (χ4v) is 3.51. The van der Waals surface area contributed by atoms with E-state index in [0.717, 1.165) is 24.0 Å². The Balaban J connectivity index is 1.51. The molecule has 0 spiro atoms. The van der Waals surface area contributed by atoms with Crippen LogP contribution in [0.1, 0.15) is 30.3 Å². The van der Waals surface area contributed by atoms with Crippen molar-refractivity contribution in [1.29, 1.82) is 0 Å². The van der Waals surface area contributed by atoms with Gasteiger partial charge in [-0.25, -0.2) is 4.39 Å². The molecule has 5 nitrogen and oxygen atoms in total. The van der Waals surface area contributed by atoms with Gasteiger partial charge in [0.2, 0.25) is 17.6 Å². The lowest BCUT2D eigenvalue weighted by Crippen LogP contribution is -2.32. The average molecular weight is 386 g/mol. The highest BCUT2D eigenvalue weighted by molar-refractivity contribution is 6.30. The van der Waals surface area contributed by atoms with Crippen LogP contribution in [0, 0.1) is 5.82 Å². The monoisotopic (exact) mass is 385 g/mol. The van der Waals surface area contributed by atoms with Crippen LogP contribution in [-0.2, 0) is 11.2 Å².